The van der Waals surface area contributed by atoms with E-state index in [9.17, 15) is 0 Å². The van der Waals surface area contributed by atoms with Crippen molar-refractivity contribution in [2.45, 2.75) is 45.1 Å². The smallest absolute Gasteiger partial charge is 0.119 e. The number of methoxy groups -OCH3 is 1. The molecule has 1 aromatic carbocycles. The predicted octanol–water partition coefficient (Wildman–Crippen LogP) is 3.26. The summed E-state index contributed by atoms with van der Waals surface area (Å²) in [4.78, 5) is 2.49. The molecule has 0 unspecified atom stereocenters. The molecule has 1 aromatic rings. The van der Waals surface area contributed by atoms with Gasteiger partial charge in [-0.1, -0.05) is 26.0 Å². The van der Waals surface area contributed by atoms with Gasteiger partial charge in [0.25, 0.3) is 0 Å². The number of hydrogen-bond donors (Lipinski definition) is 1. The molecular weight excluding hydrogens is 260 g/mol. The Balaban J connectivity index is 1.63. The summed E-state index contributed by atoms with van der Waals surface area (Å²) >= 11 is 0. The minimum Gasteiger partial charge on any atom is -0.497 e. The molecule has 0 amide bonds. The molecule has 0 atom stereocenters. The van der Waals surface area contributed by atoms with Crippen LogP contribution in [0.15, 0.2) is 24.3 Å². The maximum absolute atomic E-state index is 5.30. The second-order valence-electron chi connectivity index (χ2n) is 5.98. The van der Waals surface area contributed by atoms with E-state index in [4.69, 9.17) is 4.74 Å². The van der Waals surface area contributed by atoms with Crippen molar-refractivity contribution in [2.75, 3.05) is 33.3 Å². The van der Waals surface area contributed by atoms with Crippen LogP contribution < -0.4 is 10.1 Å². The fourth-order valence-corrected chi connectivity index (χ4v) is 3.10. The molecule has 21 heavy (non-hydrogen) atoms. The molecule has 1 fully saturated rings. The van der Waals surface area contributed by atoms with Crippen LogP contribution in [0.3, 0.4) is 0 Å². The summed E-state index contributed by atoms with van der Waals surface area (Å²) < 4.78 is 5.30. The van der Waals surface area contributed by atoms with Crippen molar-refractivity contribution in [3.05, 3.63) is 29.8 Å². The van der Waals surface area contributed by atoms with Crippen LogP contribution in [0.4, 0.5) is 0 Å². The van der Waals surface area contributed by atoms with Crippen molar-refractivity contribution in [1.82, 2.24) is 10.2 Å². The molecule has 2 rings (SSSR count). The summed E-state index contributed by atoms with van der Waals surface area (Å²) in [6, 6.07) is 9.23. The molecule has 118 valence electrons. The van der Waals surface area contributed by atoms with E-state index in [-0.39, 0.29) is 0 Å². The van der Waals surface area contributed by atoms with E-state index in [0.717, 1.165) is 25.4 Å². The number of benzene rings is 1. The van der Waals surface area contributed by atoms with E-state index < -0.39 is 0 Å². The van der Waals surface area contributed by atoms with Crippen molar-refractivity contribution in [3.8, 4) is 5.75 Å². The normalized spacial score (nSPS) is 21.3. The molecule has 0 saturated heterocycles. The molecule has 1 N–H and O–H groups in total. The largest absolute Gasteiger partial charge is 0.497 e. The average Bonchev–Trinajstić information content (AvgIpc) is 2.49. The molecule has 0 heterocycles. The summed E-state index contributed by atoms with van der Waals surface area (Å²) in [6.07, 6.45) is 3.78. The first kappa shape index (κ1) is 16.3. The predicted molar refractivity (Wildman–Crippen MR) is 89.2 cm³/mol. The molecule has 3 nitrogen and oxygen atoms in total. The van der Waals surface area contributed by atoms with Crippen LogP contribution in [-0.2, 0) is 0 Å². The van der Waals surface area contributed by atoms with E-state index in [2.05, 4.69) is 42.3 Å². The number of hydrogen-bond acceptors (Lipinski definition) is 3. The van der Waals surface area contributed by atoms with Crippen LogP contribution in [0.5, 0.6) is 5.75 Å². The minimum atomic E-state index is 0.706. The fourth-order valence-electron chi connectivity index (χ4n) is 3.10. The van der Waals surface area contributed by atoms with Gasteiger partial charge in [0.1, 0.15) is 5.75 Å². The van der Waals surface area contributed by atoms with Crippen molar-refractivity contribution in [1.29, 1.82) is 0 Å². The van der Waals surface area contributed by atoms with Gasteiger partial charge >= 0.3 is 0 Å². The Morgan fingerprint density at radius 1 is 1.24 bits per heavy atom. The van der Waals surface area contributed by atoms with E-state index in [1.54, 1.807) is 7.11 Å². The molecule has 0 aliphatic heterocycles. The number of nitrogens with one attached hydrogen (secondary N) is 1. The summed E-state index contributed by atoms with van der Waals surface area (Å²) in [5.41, 5.74) is 1.43. The summed E-state index contributed by atoms with van der Waals surface area (Å²) in [6.45, 7) is 9.16. The lowest BCUT2D eigenvalue weighted by atomic mass is 9.76. The van der Waals surface area contributed by atoms with Crippen LogP contribution >= 0.6 is 0 Å². The summed E-state index contributed by atoms with van der Waals surface area (Å²) in [7, 11) is 1.74. The first-order chi connectivity index (χ1) is 10.3. The average molecular weight is 290 g/mol. The maximum Gasteiger partial charge on any atom is 0.119 e. The molecule has 1 saturated carbocycles. The van der Waals surface area contributed by atoms with Gasteiger partial charge in [-0.2, -0.15) is 0 Å². The van der Waals surface area contributed by atoms with Crippen LogP contribution in [0.25, 0.3) is 0 Å². The molecular formula is C18H30N2O. The zero-order valence-electron chi connectivity index (χ0n) is 13.8. The highest BCUT2D eigenvalue weighted by Crippen LogP contribution is 2.37. The highest BCUT2D eigenvalue weighted by Gasteiger charge is 2.29. The topological polar surface area (TPSA) is 24.5 Å². The first-order valence-corrected chi connectivity index (χ1v) is 8.36. The third-order valence-electron chi connectivity index (χ3n) is 4.68. The molecule has 0 radical (unpaired) electrons. The summed E-state index contributed by atoms with van der Waals surface area (Å²) in [5, 5.41) is 3.69. The van der Waals surface area contributed by atoms with E-state index in [1.165, 1.54) is 31.4 Å². The van der Waals surface area contributed by atoms with Crippen molar-refractivity contribution in [3.63, 3.8) is 0 Å². The minimum absolute atomic E-state index is 0.706. The molecule has 0 spiro atoms. The van der Waals surface area contributed by atoms with Gasteiger partial charge in [-0.25, -0.2) is 0 Å². The highest BCUT2D eigenvalue weighted by molar-refractivity contribution is 5.32. The number of rotatable bonds is 9. The second kappa shape index (κ2) is 8.40. The number of nitrogens with zero attached hydrogens (tertiary/aromatic N) is 1. The van der Waals surface area contributed by atoms with Crippen LogP contribution in [0, 0.1) is 0 Å². The van der Waals surface area contributed by atoms with Crippen molar-refractivity contribution < 1.29 is 4.74 Å². The molecule has 1 aliphatic carbocycles. The van der Waals surface area contributed by atoms with Crippen LogP contribution in [0.1, 0.15) is 44.6 Å². The molecule has 0 bridgehead atoms. The lowest BCUT2D eigenvalue weighted by molar-refractivity contribution is 0.267. The fraction of sp³-hybridized carbons (Fsp3) is 0.667. The SMILES string of the molecule is CCN(CC)CCCNC1CC(c2cccc(OC)c2)C1. The van der Waals surface area contributed by atoms with Crippen molar-refractivity contribution >= 4 is 0 Å². The monoisotopic (exact) mass is 290 g/mol. The zero-order valence-corrected chi connectivity index (χ0v) is 13.8. The van der Waals surface area contributed by atoms with Gasteiger partial charge in [-0.05, 0) is 69.1 Å². The highest BCUT2D eigenvalue weighted by atomic mass is 16.5. The first-order valence-electron chi connectivity index (χ1n) is 8.36. The standard InChI is InChI=1S/C18H30N2O/c1-4-20(5-2)11-7-10-19-17-12-16(13-17)15-8-6-9-18(14-15)21-3/h6,8-9,14,16-17,19H,4-5,7,10-13H2,1-3H3. The van der Waals surface area contributed by atoms with Gasteiger partial charge in [-0.3, -0.25) is 0 Å². The van der Waals surface area contributed by atoms with Gasteiger partial charge in [0.15, 0.2) is 0 Å². The van der Waals surface area contributed by atoms with Gasteiger partial charge in [-0.15, -0.1) is 0 Å². The lowest BCUT2D eigenvalue weighted by Gasteiger charge is -2.36. The third-order valence-corrected chi connectivity index (χ3v) is 4.68. The van der Waals surface area contributed by atoms with Crippen molar-refractivity contribution in [2.24, 2.45) is 0 Å². The Morgan fingerprint density at radius 2 is 2.00 bits per heavy atom. The third kappa shape index (κ3) is 4.72. The maximum atomic E-state index is 5.30. The molecule has 3 heteroatoms. The Bertz CT molecular complexity index is 411. The van der Waals surface area contributed by atoms with Gasteiger partial charge in [0, 0.05) is 6.04 Å². The van der Waals surface area contributed by atoms with E-state index in [1.807, 2.05) is 6.07 Å². The lowest BCUT2D eigenvalue weighted by Crippen LogP contribution is -2.41. The summed E-state index contributed by atoms with van der Waals surface area (Å²) in [5.74, 6) is 1.68. The van der Waals surface area contributed by atoms with E-state index >= 15 is 0 Å². The second-order valence-corrected chi connectivity index (χ2v) is 5.98. The van der Waals surface area contributed by atoms with Gasteiger partial charge in [0.2, 0.25) is 0 Å². The Labute approximate surface area is 129 Å². The van der Waals surface area contributed by atoms with Gasteiger partial charge < -0.3 is 15.0 Å². The van der Waals surface area contributed by atoms with Crippen LogP contribution in [-0.4, -0.2) is 44.2 Å². The Hall–Kier alpha value is -1.06. The van der Waals surface area contributed by atoms with Gasteiger partial charge in [0.05, 0.1) is 7.11 Å². The Morgan fingerprint density at radius 3 is 2.67 bits per heavy atom. The van der Waals surface area contributed by atoms with Crippen LogP contribution in [0.2, 0.25) is 0 Å². The quantitative estimate of drug-likeness (QED) is 0.707. The zero-order chi connectivity index (χ0) is 15.1. The molecule has 1 aliphatic rings. The number of ether oxygens (including phenoxy) is 1. The van der Waals surface area contributed by atoms with E-state index in [0.29, 0.717) is 12.0 Å². The Kier molecular flexibility index (Phi) is 6.52. The molecule has 0 aromatic heterocycles.